The highest BCUT2D eigenvalue weighted by Gasteiger charge is 2.25. The molecular weight excluding hydrogens is 191 g/mol. The minimum Gasteiger partial charge on any atom is -0.381 e. The summed E-state index contributed by atoms with van der Waals surface area (Å²) in [6.07, 6.45) is 2.63. The van der Waals surface area contributed by atoms with Crippen LogP contribution in [0.1, 0.15) is 12.8 Å². The molecule has 3 heteroatoms. The van der Waals surface area contributed by atoms with Gasteiger partial charge in [-0.15, -0.1) is 0 Å². The fraction of sp³-hybridized carbons (Fsp3) is 0.500. The zero-order chi connectivity index (χ0) is 10.7. The number of nitrogens with one attached hydrogen (secondary N) is 1. The summed E-state index contributed by atoms with van der Waals surface area (Å²) in [5, 5.41) is 3.11. The van der Waals surface area contributed by atoms with Gasteiger partial charge in [0.1, 0.15) is 5.82 Å². The number of hydrogen-bond acceptors (Lipinski definition) is 2. The maximum atomic E-state index is 13.2. The van der Waals surface area contributed by atoms with Crippen LogP contribution in [0.5, 0.6) is 0 Å². The van der Waals surface area contributed by atoms with E-state index < -0.39 is 0 Å². The number of hydrogen-bond donors (Lipinski definition) is 1. The third-order valence-corrected chi connectivity index (χ3v) is 2.82. The Morgan fingerprint density at radius 2 is 2.13 bits per heavy atom. The number of benzene rings is 1. The molecule has 0 saturated heterocycles. The van der Waals surface area contributed by atoms with Gasteiger partial charge < -0.3 is 10.2 Å². The maximum absolute atomic E-state index is 13.2. The Hall–Kier alpha value is -1.09. The highest BCUT2D eigenvalue weighted by Crippen LogP contribution is 2.24. The van der Waals surface area contributed by atoms with Crippen molar-refractivity contribution in [3.63, 3.8) is 0 Å². The summed E-state index contributed by atoms with van der Waals surface area (Å²) in [7, 11) is 2.13. The molecule has 0 spiro atoms. The van der Waals surface area contributed by atoms with Crippen LogP contribution in [0.2, 0.25) is 0 Å². The van der Waals surface area contributed by atoms with Gasteiger partial charge in [-0.05, 0) is 32.0 Å². The molecule has 0 unspecified atom stereocenters. The predicted octanol–water partition coefficient (Wildman–Crippen LogP) is 2.33. The number of rotatable bonds is 5. The summed E-state index contributed by atoms with van der Waals surface area (Å²) < 4.78 is 13.2. The summed E-state index contributed by atoms with van der Waals surface area (Å²) in [6, 6.07) is 7.57. The van der Waals surface area contributed by atoms with E-state index >= 15 is 0 Å². The molecule has 1 fully saturated rings. The minimum atomic E-state index is -0.174. The molecule has 2 rings (SSSR count). The van der Waals surface area contributed by atoms with Gasteiger partial charge in [0.15, 0.2) is 0 Å². The first-order valence-corrected chi connectivity index (χ1v) is 5.46. The fourth-order valence-electron chi connectivity index (χ4n) is 1.67. The lowest BCUT2D eigenvalue weighted by atomic mass is 10.3. The zero-order valence-corrected chi connectivity index (χ0v) is 9.04. The first-order valence-electron chi connectivity index (χ1n) is 5.46. The molecule has 82 valence electrons. The van der Waals surface area contributed by atoms with Crippen LogP contribution in [0, 0.1) is 5.82 Å². The Morgan fingerprint density at radius 3 is 2.80 bits per heavy atom. The van der Waals surface area contributed by atoms with E-state index in [2.05, 4.69) is 17.3 Å². The largest absolute Gasteiger partial charge is 0.381 e. The van der Waals surface area contributed by atoms with Gasteiger partial charge in [0.25, 0.3) is 0 Å². The number of nitrogens with zero attached hydrogens (tertiary/aromatic N) is 1. The lowest BCUT2D eigenvalue weighted by molar-refractivity contribution is 0.337. The van der Waals surface area contributed by atoms with Crippen LogP contribution < -0.4 is 5.32 Å². The molecule has 0 atom stereocenters. The molecule has 0 radical (unpaired) electrons. The van der Waals surface area contributed by atoms with Gasteiger partial charge in [-0.1, -0.05) is 12.1 Å². The quantitative estimate of drug-likeness (QED) is 0.799. The second-order valence-corrected chi connectivity index (χ2v) is 4.12. The SMILES string of the molecule is CN(CCNc1ccccc1F)C1CC1. The summed E-state index contributed by atoms with van der Waals surface area (Å²) in [5.41, 5.74) is 0.599. The van der Waals surface area contributed by atoms with Gasteiger partial charge in [0.05, 0.1) is 5.69 Å². The summed E-state index contributed by atoms with van der Waals surface area (Å²) in [6.45, 7) is 1.77. The molecule has 0 heterocycles. The molecule has 1 aliphatic carbocycles. The Labute approximate surface area is 90.1 Å². The van der Waals surface area contributed by atoms with Crippen LogP contribution in [0.25, 0.3) is 0 Å². The standard InChI is InChI=1S/C12H17FN2/c1-15(10-6-7-10)9-8-14-12-5-3-2-4-11(12)13/h2-5,10,14H,6-9H2,1H3. The maximum Gasteiger partial charge on any atom is 0.146 e. The molecule has 0 amide bonds. The van der Waals surface area contributed by atoms with Crippen molar-refractivity contribution >= 4 is 5.69 Å². The number of anilines is 1. The Bertz CT molecular complexity index is 323. The number of para-hydroxylation sites is 1. The van der Waals surface area contributed by atoms with Crippen molar-refractivity contribution in [2.75, 3.05) is 25.5 Å². The van der Waals surface area contributed by atoms with Crippen LogP contribution in [0.4, 0.5) is 10.1 Å². The molecule has 1 aromatic rings. The monoisotopic (exact) mass is 208 g/mol. The normalized spacial score (nSPS) is 15.7. The van der Waals surface area contributed by atoms with Crippen LogP contribution in [0.15, 0.2) is 24.3 Å². The average Bonchev–Trinajstić information content (AvgIpc) is 3.04. The van der Waals surface area contributed by atoms with E-state index in [-0.39, 0.29) is 5.82 Å². The molecule has 1 aliphatic rings. The Balaban J connectivity index is 1.75. The third kappa shape index (κ3) is 2.93. The zero-order valence-electron chi connectivity index (χ0n) is 9.04. The van der Waals surface area contributed by atoms with Gasteiger partial charge in [0.2, 0.25) is 0 Å². The second-order valence-electron chi connectivity index (χ2n) is 4.12. The average molecular weight is 208 g/mol. The molecule has 0 aliphatic heterocycles. The molecule has 2 nitrogen and oxygen atoms in total. The van der Waals surface area contributed by atoms with Crippen molar-refractivity contribution in [2.24, 2.45) is 0 Å². The van der Waals surface area contributed by atoms with E-state index in [4.69, 9.17) is 0 Å². The van der Waals surface area contributed by atoms with Gasteiger partial charge in [-0.2, -0.15) is 0 Å². The van der Waals surface area contributed by atoms with E-state index in [0.717, 1.165) is 19.1 Å². The number of likely N-dealkylation sites (N-methyl/N-ethyl adjacent to an activating group) is 1. The molecule has 1 saturated carbocycles. The second kappa shape index (κ2) is 4.62. The van der Waals surface area contributed by atoms with Crippen molar-refractivity contribution in [1.29, 1.82) is 0 Å². The highest BCUT2D eigenvalue weighted by atomic mass is 19.1. The van der Waals surface area contributed by atoms with E-state index in [9.17, 15) is 4.39 Å². The van der Waals surface area contributed by atoms with E-state index in [1.54, 1.807) is 12.1 Å². The van der Waals surface area contributed by atoms with E-state index in [0.29, 0.717) is 5.69 Å². The highest BCUT2D eigenvalue weighted by molar-refractivity contribution is 5.44. The first kappa shape index (κ1) is 10.4. The first-order chi connectivity index (χ1) is 7.27. The van der Waals surface area contributed by atoms with Crippen LogP contribution in [-0.2, 0) is 0 Å². The van der Waals surface area contributed by atoms with Gasteiger partial charge in [-0.25, -0.2) is 4.39 Å². The minimum absolute atomic E-state index is 0.174. The van der Waals surface area contributed by atoms with Crippen molar-refractivity contribution < 1.29 is 4.39 Å². The van der Waals surface area contributed by atoms with Crippen LogP contribution in [-0.4, -0.2) is 31.1 Å². The van der Waals surface area contributed by atoms with E-state index in [1.165, 1.54) is 18.9 Å². The molecular formula is C12H17FN2. The van der Waals surface area contributed by atoms with Crippen molar-refractivity contribution in [3.05, 3.63) is 30.1 Å². The number of halogens is 1. The predicted molar refractivity (Wildman–Crippen MR) is 60.5 cm³/mol. The van der Waals surface area contributed by atoms with Crippen LogP contribution in [0.3, 0.4) is 0 Å². The topological polar surface area (TPSA) is 15.3 Å². The summed E-state index contributed by atoms with van der Waals surface area (Å²) in [5.74, 6) is -0.174. The van der Waals surface area contributed by atoms with Gasteiger partial charge in [0, 0.05) is 19.1 Å². The molecule has 15 heavy (non-hydrogen) atoms. The summed E-state index contributed by atoms with van der Waals surface area (Å²) in [4.78, 5) is 2.33. The summed E-state index contributed by atoms with van der Waals surface area (Å²) >= 11 is 0. The molecule has 1 N–H and O–H groups in total. The van der Waals surface area contributed by atoms with Crippen molar-refractivity contribution in [3.8, 4) is 0 Å². The smallest absolute Gasteiger partial charge is 0.146 e. The molecule has 0 aromatic heterocycles. The lowest BCUT2D eigenvalue weighted by Crippen LogP contribution is -2.27. The Morgan fingerprint density at radius 1 is 1.40 bits per heavy atom. The fourth-order valence-corrected chi connectivity index (χ4v) is 1.67. The lowest BCUT2D eigenvalue weighted by Gasteiger charge is -2.16. The third-order valence-electron chi connectivity index (χ3n) is 2.82. The van der Waals surface area contributed by atoms with Gasteiger partial charge >= 0.3 is 0 Å². The van der Waals surface area contributed by atoms with Gasteiger partial charge in [-0.3, -0.25) is 0 Å². The molecule has 0 bridgehead atoms. The Kier molecular flexibility index (Phi) is 3.21. The van der Waals surface area contributed by atoms with Crippen LogP contribution >= 0.6 is 0 Å². The van der Waals surface area contributed by atoms with Crippen molar-refractivity contribution in [1.82, 2.24) is 4.90 Å². The molecule has 1 aromatic carbocycles. The van der Waals surface area contributed by atoms with Crippen molar-refractivity contribution in [2.45, 2.75) is 18.9 Å². The van der Waals surface area contributed by atoms with E-state index in [1.807, 2.05) is 6.07 Å².